The SMILES string of the molecule is O=C(CC1=CC(=O)OC2C=C(O)C=CC12)NC1CCN(Cc2ccccc2)CC1. The van der Waals surface area contributed by atoms with Gasteiger partial charge in [0.1, 0.15) is 11.9 Å². The highest BCUT2D eigenvalue weighted by Gasteiger charge is 2.33. The molecule has 2 N–H and O–H groups in total. The highest BCUT2D eigenvalue weighted by molar-refractivity contribution is 5.87. The van der Waals surface area contributed by atoms with E-state index < -0.39 is 12.1 Å². The maximum Gasteiger partial charge on any atom is 0.331 e. The lowest BCUT2D eigenvalue weighted by Gasteiger charge is -2.33. The van der Waals surface area contributed by atoms with Gasteiger partial charge in [-0.25, -0.2) is 4.79 Å². The molecule has 0 spiro atoms. The predicted octanol–water partition coefficient (Wildman–Crippen LogP) is 2.64. The maximum atomic E-state index is 12.6. The predicted molar refractivity (Wildman–Crippen MR) is 109 cm³/mol. The van der Waals surface area contributed by atoms with Crippen LogP contribution in [-0.2, 0) is 20.9 Å². The summed E-state index contributed by atoms with van der Waals surface area (Å²) in [6.45, 7) is 2.84. The third-order valence-electron chi connectivity index (χ3n) is 5.71. The number of hydrogen-bond donors (Lipinski definition) is 2. The molecule has 2 atom stereocenters. The van der Waals surface area contributed by atoms with E-state index in [1.54, 1.807) is 12.2 Å². The van der Waals surface area contributed by atoms with E-state index in [2.05, 4.69) is 34.5 Å². The van der Waals surface area contributed by atoms with Crippen LogP contribution in [0.25, 0.3) is 0 Å². The Kier molecular flexibility index (Phi) is 5.81. The van der Waals surface area contributed by atoms with Crippen molar-refractivity contribution in [2.24, 2.45) is 5.92 Å². The van der Waals surface area contributed by atoms with Crippen LogP contribution in [0.3, 0.4) is 0 Å². The van der Waals surface area contributed by atoms with Crippen molar-refractivity contribution in [2.75, 3.05) is 13.1 Å². The van der Waals surface area contributed by atoms with Crippen LogP contribution in [-0.4, -0.2) is 47.1 Å². The normalized spacial score (nSPS) is 24.9. The molecule has 0 aromatic heterocycles. The Morgan fingerprint density at radius 2 is 1.97 bits per heavy atom. The number of carbonyl (C=O) groups is 2. The third kappa shape index (κ3) is 4.95. The number of esters is 1. The van der Waals surface area contributed by atoms with Crippen LogP contribution in [0.2, 0.25) is 0 Å². The summed E-state index contributed by atoms with van der Waals surface area (Å²) in [4.78, 5) is 26.8. The van der Waals surface area contributed by atoms with Crippen LogP contribution in [0, 0.1) is 5.92 Å². The van der Waals surface area contributed by atoms with Crippen molar-refractivity contribution >= 4 is 11.9 Å². The van der Waals surface area contributed by atoms with Gasteiger partial charge in [-0.05, 0) is 36.1 Å². The van der Waals surface area contributed by atoms with E-state index in [0.717, 1.165) is 38.0 Å². The fourth-order valence-corrected chi connectivity index (χ4v) is 4.21. The van der Waals surface area contributed by atoms with Gasteiger partial charge in [0.05, 0.1) is 0 Å². The zero-order valence-electron chi connectivity index (χ0n) is 16.3. The number of benzene rings is 1. The van der Waals surface area contributed by atoms with Crippen molar-refractivity contribution < 1.29 is 19.4 Å². The second-order valence-corrected chi connectivity index (χ2v) is 7.88. The minimum atomic E-state index is -0.540. The van der Waals surface area contributed by atoms with Gasteiger partial charge >= 0.3 is 5.97 Å². The number of nitrogens with one attached hydrogen (secondary N) is 1. The summed E-state index contributed by atoms with van der Waals surface area (Å²) in [5.74, 6) is -0.657. The first-order valence-corrected chi connectivity index (χ1v) is 10.1. The van der Waals surface area contributed by atoms with E-state index in [-0.39, 0.29) is 30.0 Å². The molecule has 1 amide bonds. The van der Waals surface area contributed by atoms with E-state index in [1.807, 2.05) is 6.07 Å². The van der Waals surface area contributed by atoms with Gasteiger partial charge in [0.15, 0.2) is 0 Å². The first-order valence-electron chi connectivity index (χ1n) is 10.1. The lowest BCUT2D eigenvalue weighted by Crippen LogP contribution is -2.44. The molecule has 3 aliphatic rings. The number of hydrogen-bond acceptors (Lipinski definition) is 5. The molecule has 0 radical (unpaired) electrons. The second kappa shape index (κ2) is 8.66. The van der Waals surface area contributed by atoms with E-state index >= 15 is 0 Å². The topological polar surface area (TPSA) is 78.9 Å². The summed E-state index contributed by atoms with van der Waals surface area (Å²) in [5.41, 5.74) is 2.03. The number of rotatable bonds is 5. The molecule has 4 rings (SSSR count). The quantitative estimate of drug-likeness (QED) is 0.751. The summed E-state index contributed by atoms with van der Waals surface area (Å²) in [6.07, 6.45) is 7.74. The molecule has 6 nitrogen and oxygen atoms in total. The number of nitrogens with zero attached hydrogens (tertiary/aromatic N) is 1. The Balaban J connectivity index is 1.27. The number of ether oxygens (including phenoxy) is 1. The van der Waals surface area contributed by atoms with E-state index in [9.17, 15) is 14.7 Å². The van der Waals surface area contributed by atoms with Gasteiger partial charge in [-0.15, -0.1) is 0 Å². The van der Waals surface area contributed by atoms with Crippen LogP contribution < -0.4 is 5.32 Å². The Labute approximate surface area is 170 Å². The lowest BCUT2D eigenvalue weighted by molar-refractivity contribution is -0.143. The fraction of sp³-hybridized carbons (Fsp3) is 0.391. The highest BCUT2D eigenvalue weighted by Crippen LogP contribution is 2.31. The van der Waals surface area contributed by atoms with Crippen molar-refractivity contribution in [1.82, 2.24) is 10.2 Å². The highest BCUT2D eigenvalue weighted by atomic mass is 16.5. The summed E-state index contributed by atoms with van der Waals surface area (Å²) in [7, 11) is 0. The first kappa shape index (κ1) is 19.5. The standard InChI is InChI=1S/C23H26N2O4/c26-19-6-7-20-17(13-23(28)29-21(20)14-19)12-22(27)24-18-8-10-25(11-9-18)15-16-4-2-1-3-5-16/h1-7,13-14,18,20-21,26H,8-12,15H2,(H,24,27). The van der Waals surface area contributed by atoms with Crippen LogP contribution in [0.15, 0.2) is 66.0 Å². The molecule has 29 heavy (non-hydrogen) atoms. The summed E-state index contributed by atoms with van der Waals surface area (Å²) in [6, 6.07) is 10.6. The van der Waals surface area contributed by atoms with Crippen LogP contribution >= 0.6 is 0 Å². The average Bonchev–Trinajstić information content (AvgIpc) is 2.70. The van der Waals surface area contributed by atoms with Gasteiger partial charge in [0, 0.05) is 44.1 Å². The molecule has 1 saturated heterocycles. The molecule has 152 valence electrons. The van der Waals surface area contributed by atoms with Crippen LogP contribution in [0.1, 0.15) is 24.8 Å². The molecule has 0 saturated carbocycles. The lowest BCUT2D eigenvalue weighted by atomic mass is 9.85. The van der Waals surface area contributed by atoms with E-state index in [4.69, 9.17) is 4.74 Å². The maximum absolute atomic E-state index is 12.6. The summed E-state index contributed by atoms with van der Waals surface area (Å²) in [5, 5.41) is 12.7. The molecule has 1 aliphatic carbocycles. The van der Waals surface area contributed by atoms with Crippen molar-refractivity contribution in [1.29, 1.82) is 0 Å². The van der Waals surface area contributed by atoms with Crippen molar-refractivity contribution in [3.05, 3.63) is 71.5 Å². The minimum Gasteiger partial charge on any atom is -0.508 e. The molecule has 1 aromatic rings. The van der Waals surface area contributed by atoms with Gasteiger partial charge in [0.2, 0.25) is 5.91 Å². The van der Waals surface area contributed by atoms with Gasteiger partial charge in [-0.3, -0.25) is 9.69 Å². The van der Waals surface area contributed by atoms with Gasteiger partial charge in [-0.2, -0.15) is 0 Å². The fourth-order valence-electron chi connectivity index (χ4n) is 4.21. The average molecular weight is 394 g/mol. The van der Waals surface area contributed by atoms with Gasteiger partial charge < -0.3 is 15.2 Å². The number of aliphatic hydroxyl groups is 1. The van der Waals surface area contributed by atoms with E-state index in [0.29, 0.717) is 0 Å². The van der Waals surface area contributed by atoms with Crippen molar-refractivity contribution in [3.8, 4) is 0 Å². The molecule has 1 fully saturated rings. The smallest absolute Gasteiger partial charge is 0.331 e. The second-order valence-electron chi connectivity index (χ2n) is 7.88. The number of fused-ring (bicyclic) bond motifs is 1. The number of carbonyl (C=O) groups excluding carboxylic acids is 2. The Morgan fingerprint density at radius 1 is 1.21 bits per heavy atom. The number of likely N-dealkylation sites (tertiary alicyclic amines) is 1. The molecule has 1 aromatic carbocycles. The monoisotopic (exact) mass is 394 g/mol. The Morgan fingerprint density at radius 3 is 2.72 bits per heavy atom. The van der Waals surface area contributed by atoms with Crippen molar-refractivity contribution in [2.45, 2.75) is 38.0 Å². The molecular formula is C23H26N2O4. The van der Waals surface area contributed by atoms with Crippen LogP contribution in [0.5, 0.6) is 0 Å². The molecule has 2 unspecified atom stereocenters. The summed E-state index contributed by atoms with van der Waals surface area (Å²) >= 11 is 0. The van der Waals surface area contributed by atoms with Gasteiger partial charge in [-0.1, -0.05) is 36.4 Å². The summed E-state index contributed by atoms with van der Waals surface area (Å²) < 4.78 is 5.24. The number of amides is 1. The molecule has 6 heteroatoms. The van der Waals surface area contributed by atoms with Crippen LogP contribution in [0.4, 0.5) is 0 Å². The number of aliphatic hydroxyl groups excluding tert-OH is 1. The van der Waals surface area contributed by atoms with Crippen molar-refractivity contribution in [3.63, 3.8) is 0 Å². The molecular weight excluding hydrogens is 368 g/mol. The largest absolute Gasteiger partial charge is 0.508 e. The molecule has 2 heterocycles. The third-order valence-corrected chi connectivity index (χ3v) is 5.71. The molecule has 2 aliphatic heterocycles. The first-order chi connectivity index (χ1) is 14.1. The zero-order valence-corrected chi connectivity index (χ0v) is 16.3. The Bertz CT molecular complexity index is 851. The number of allylic oxidation sites excluding steroid dienone is 1. The minimum absolute atomic E-state index is 0.0709. The van der Waals surface area contributed by atoms with Gasteiger partial charge in [0.25, 0.3) is 0 Å². The zero-order chi connectivity index (χ0) is 20.2. The number of piperidine rings is 1. The molecule has 0 bridgehead atoms. The van der Waals surface area contributed by atoms with E-state index in [1.165, 1.54) is 17.7 Å². The Hall–Kier alpha value is -2.86.